The third-order valence-corrected chi connectivity index (χ3v) is 4.78. The third-order valence-electron chi connectivity index (χ3n) is 4.78. The maximum atomic E-state index is 7.13. The van der Waals surface area contributed by atoms with Crippen LogP contribution in [0.5, 0.6) is 0 Å². The molecule has 0 aliphatic heterocycles. The van der Waals surface area contributed by atoms with Crippen molar-refractivity contribution in [2.24, 2.45) is 0 Å². The van der Waals surface area contributed by atoms with Gasteiger partial charge in [-0.1, -0.05) is 41.8 Å². The molecule has 0 saturated heterocycles. The van der Waals surface area contributed by atoms with E-state index in [-0.39, 0.29) is 40.8 Å². The third kappa shape index (κ3) is 11.8. The molecule has 0 N–H and O–H groups in total. The van der Waals surface area contributed by atoms with Gasteiger partial charge < -0.3 is 12.6 Å². The first-order valence-electron chi connectivity index (χ1n) is 11.8. The van der Waals surface area contributed by atoms with Gasteiger partial charge in [-0.25, -0.2) is 5.26 Å². The van der Waals surface area contributed by atoms with Crippen molar-refractivity contribution in [3.05, 3.63) is 146 Å². The summed E-state index contributed by atoms with van der Waals surface area (Å²) in [6.45, 7) is 0. The van der Waals surface area contributed by atoms with Gasteiger partial charge in [0, 0.05) is 37.2 Å². The van der Waals surface area contributed by atoms with E-state index in [0.717, 1.165) is 34.2 Å². The maximum Gasteiger partial charge on any atom is 3.00 e. The van der Waals surface area contributed by atoms with Gasteiger partial charge in [-0.15, -0.1) is 0 Å². The zero-order valence-electron chi connectivity index (χ0n) is 21.4. The van der Waals surface area contributed by atoms with Crippen LogP contribution in [0.25, 0.3) is 34.2 Å². The van der Waals surface area contributed by atoms with E-state index >= 15 is 0 Å². The van der Waals surface area contributed by atoms with E-state index in [1.54, 1.807) is 37.2 Å². The summed E-state index contributed by atoms with van der Waals surface area (Å²) in [6.07, 6.45) is 10.6. The molecule has 40 heavy (non-hydrogen) atoms. The summed E-state index contributed by atoms with van der Waals surface area (Å²) in [5, 5.41) is 8.47. The summed E-state index contributed by atoms with van der Waals surface area (Å²) in [5.74, 6) is 0. The van der Waals surface area contributed by atoms with Gasteiger partial charge in [-0.05, 0) is 72.8 Å². The van der Waals surface area contributed by atoms with Crippen LogP contribution in [-0.4, -0.2) is 29.9 Å². The summed E-state index contributed by atoms with van der Waals surface area (Å²) in [5.41, 5.74) is 5.49. The van der Waals surface area contributed by atoms with Crippen molar-refractivity contribution in [2.45, 2.75) is 0 Å². The van der Waals surface area contributed by atoms with Crippen molar-refractivity contribution in [2.75, 3.05) is 0 Å². The standard InChI is InChI=1S/3C10H8N2.CHNS.Nd/c3*1-3-7-11-9(5-1)10-6-2-4-8-12-10;2-1-3;/h3*1-8H;3H;/q;;;;+3/p-1. The molecular formula is C31H24N7NdS+2. The molecule has 6 aromatic rings. The molecule has 0 saturated carbocycles. The molecule has 9 heteroatoms. The Hall–Kier alpha value is -4.04. The van der Waals surface area contributed by atoms with E-state index in [0.29, 0.717) is 0 Å². The molecule has 0 spiro atoms. The molecule has 0 unspecified atom stereocenters. The first-order valence-corrected chi connectivity index (χ1v) is 12.2. The Bertz CT molecular complexity index is 1200. The van der Waals surface area contributed by atoms with Crippen LogP contribution in [-0.2, 0) is 12.6 Å². The Kier molecular flexibility index (Phi) is 16.0. The predicted octanol–water partition coefficient (Wildman–Crippen LogP) is 6.45. The average Bonchev–Trinajstić information content (AvgIpc) is 3.05. The number of nitrogens with zero attached hydrogens (tertiary/aromatic N) is 7. The molecule has 0 atom stereocenters. The number of nitriles is 1. The van der Waals surface area contributed by atoms with E-state index in [9.17, 15) is 0 Å². The van der Waals surface area contributed by atoms with Gasteiger partial charge in [0.25, 0.3) is 0 Å². The second-order valence-electron chi connectivity index (χ2n) is 7.38. The Morgan fingerprint density at radius 1 is 0.375 bits per heavy atom. The molecule has 6 aromatic heterocycles. The average molecular weight is 671 g/mol. The molecule has 6 rings (SSSR count). The van der Waals surface area contributed by atoms with Crippen molar-refractivity contribution >= 4 is 12.6 Å². The van der Waals surface area contributed by atoms with Crippen molar-refractivity contribution in [1.82, 2.24) is 29.9 Å². The zero-order chi connectivity index (χ0) is 27.4. The number of hydrogen-bond donors (Lipinski definition) is 0. The SMILES string of the molecule is N#C[S-].[Nd+3].c1ccc(-c2ccccn2)nc1.c1ccc(-c2ccccn2)nc1.c1ccc(-c2ccccn2)nc1. The second kappa shape index (κ2) is 19.9. The Labute approximate surface area is 272 Å². The van der Waals surface area contributed by atoms with Crippen molar-refractivity contribution in [1.29, 1.82) is 5.26 Å². The van der Waals surface area contributed by atoms with Crippen molar-refractivity contribution in [3.63, 3.8) is 0 Å². The Morgan fingerprint density at radius 2 is 0.525 bits per heavy atom. The molecule has 0 aliphatic rings. The molecule has 1 radical (unpaired) electrons. The number of rotatable bonds is 3. The maximum absolute atomic E-state index is 7.13. The van der Waals surface area contributed by atoms with Crippen molar-refractivity contribution < 1.29 is 40.8 Å². The van der Waals surface area contributed by atoms with Crippen LogP contribution in [0, 0.1) is 51.5 Å². The first-order chi connectivity index (χ1) is 19.3. The van der Waals surface area contributed by atoms with E-state index in [1.807, 2.05) is 109 Å². The monoisotopic (exact) mass is 668 g/mol. The normalized spacial score (nSPS) is 8.88. The summed E-state index contributed by atoms with van der Waals surface area (Å²) in [6, 6.07) is 34.8. The fraction of sp³-hybridized carbons (Fsp3) is 0. The molecule has 6 heterocycles. The number of aromatic nitrogens is 6. The zero-order valence-corrected chi connectivity index (χ0v) is 25.4. The topological polar surface area (TPSA) is 101 Å². The Balaban J connectivity index is 0.000000198. The molecule has 191 valence electrons. The van der Waals surface area contributed by atoms with Crippen LogP contribution in [0.2, 0.25) is 0 Å². The predicted molar refractivity (Wildman–Crippen MR) is 155 cm³/mol. The number of hydrogen-bond acceptors (Lipinski definition) is 8. The molecule has 0 aliphatic carbocycles. The van der Waals surface area contributed by atoms with E-state index in [4.69, 9.17) is 5.26 Å². The van der Waals surface area contributed by atoms with Gasteiger partial charge in [0.05, 0.1) is 34.2 Å². The Morgan fingerprint density at radius 3 is 0.625 bits per heavy atom. The molecular weight excluding hydrogens is 647 g/mol. The van der Waals surface area contributed by atoms with Crippen LogP contribution >= 0.6 is 0 Å². The molecule has 0 bridgehead atoms. The van der Waals surface area contributed by atoms with Crippen LogP contribution < -0.4 is 0 Å². The number of pyridine rings is 6. The minimum Gasteiger partial charge on any atom is -0.696 e. The van der Waals surface area contributed by atoms with Crippen LogP contribution in [0.3, 0.4) is 0 Å². The van der Waals surface area contributed by atoms with E-state index in [1.165, 1.54) is 5.40 Å². The minimum absolute atomic E-state index is 0. The van der Waals surface area contributed by atoms with Crippen LogP contribution in [0.4, 0.5) is 0 Å². The molecule has 7 nitrogen and oxygen atoms in total. The van der Waals surface area contributed by atoms with E-state index < -0.39 is 0 Å². The summed E-state index contributed by atoms with van der Waals surface area (Å²) >= 11 is 3.70. The van der Waals surface area contributed by atoms with Gasteiger partial charge >= 0.3 is 40.8 Å². The fourth-order valence-electron chi connectivity index (χ4n) is 3.09. The number of thiocyanates is 1. The quantitative estimate of drug-likeness (QED) is 0.157. The van der Waals surface area contributed by atoms with Crippen LogP contribution in [0.1, 0.15) is 0 Å². The molecule has 0 amide bonds. The second-order valence-corrected chi connectivity index (χ2v) is 7.56. The van der Waals surface area contributed by atoms with E-state index in [2.05, 4.69) is 42.5 Å². The van der Waals surface area contributed by atoms with Crippen LogP contribution in [0.15, 0.2) is 146 Å². The van der Waals surface area contributed by atoms with Gasteiger partial charge in [0.1, 0.15) is 0 Å². The smallest absolute Gasteiger partial charge is 0.696 e. The summed E-state index contributed by atoms with van der Waals surface area (Å²) in [7, 11) is 0. The minimum atomic E-state index is 0. The largest absolute Gasteiger partial charge is 3.00 e. The molecule has 0 fully saturated rings. The first kappa shape index (κ1) is 32.2. The van der Waals surface area contributed by atoms with Gasteiger partial charge in [-0.2, -0.15) is 0 Å². The van der Waals surface area contributed by atoms with Gasteiger partial charge in [0.15, 0.2) is 0 Å². The fourth-order valence-corrected chi connectivity index (χ4v) is 3.09. The molecule has 0 aromatic carbocycles. The van der Waals surface area contributed by atoms with Crippen molar-refractivity contribution in [3.8, 4) is 39.6 Å². The summed E-state index contributed by atoms with van der Waals surface area (Å²) in [4.78, 5) is 25.1. The summed E-state index contributed by atoms with van der Waals surface area (Å²) < 4.78 is 0. The van der Waals surface area contributed by atoms with Gasteiger partial charge in [0.2, 0.25) is 0 Å². The van der Waals surface area contributed by atoms with Gasteiger partial charge in [-0.3, -0.25) is 29.9 Å².